The SMILES string of the molecule is CC(C(=O)NC1CCC(CCc2ccccc2)(N(C)C)CC1)c1cccc(C(=O)c2ccccc2)c1. The van der Waals surface area contributed by atoms with Gasteiger partial charge in [0.15, 0.2) is 5.78 Å². The third-order valence-corrected chi connectivity index (χ3v) is 8.01. The van der Waals surface area contributed by atoms with Gasteiger partial charge in [-0.3, -0.25) is 9.59 Å². The lowest BCUT2D eigenvalue weighted by molar-refractivity contribution is -0.123. The van der Waals surface area contributed by atoms with Gasteiger partial charge in [0.05, 0.1) is 5.92 Å². The number of amides is 1. The molecule has 1 N–H and O–H groups in total. The van der Waals surface area contributed by atoms with Crippen LogP contribution < -0.4 is 5.32 Å². The van der Waals surface area contributed by atoms with Crippen LogP contribution in [0.15, 0.2) is 84.9 Å². The Bertz CT molecular complexity index is 1150. The predicted molar refractivity (Wildman–Crippen MR) is 146 cm³/mol. The van der Waals surface area contributed by atoms with Gasteiger partial charge in [0.2, 0.25) is 5.91 Å². The van der Waals surface area contributed by atoms with Crippen molar-refractivity contribution in [1.29, 1.82) is 0 Å². The minimum atomic E-state index is -0.313. The average molecular weight is 483 g/mol. The molecule has 188 valence electrons. The van der Waals surface area contributed by atoms with Crippen molar-refractivity contribution in [2.24, 2.45) is 0 Å². The minimum absolute atomic E-state index is 0.0205. The van der Waals surface area contributed by atoms with E-state index in [0.717, 1.165) is 44.1 Å². The first-order valence-corrected chi connectivity index (χ1v) is 13.1. The highest BCUT2D eigenvalue weighted by Gasteiger charge is 2.37. The second-order valence-corrected chi connectivity index (χ2v) is 10.4. The first kappa shape index (κ1) is 25.8. The fraction of sp³-hybridized carbons (Fsp3) is 0.375. The summed E-state index contributed by atoms with van der Waals surface area (Å²) >= 11 is 0. The third kappa shape index (κ3) is 6.11. The number of carbonyl (C=O) groups excluding carboxylic acids is 2. The molecule has 0 heterocycles. The van der Waals surface area contributed by atoms with Crippen molar-refractivity contribution < 1.29 is 9.59 Å². The van der Waals surface area contributed by atoms with E-state index in [0.29, 0.717) is 11.1 Å². The summed E-state index contributed by atoms with van der Waals surface area (Å²) in [6.07, 6.45) is 6.32. The first-order chi connectivity index (χ1) is 17.4. The van der Waals surface area contributed by atoms with Crippen LogP contribution in [0.1, 0.15) is 72.0 Å². The largest absolute Gasteiger partial charge is 0.353 e. The fourth-order valence-corrected chi connectivity index (χ4v) is 5.42. The third-order valence-electron chi connectivity index (χ3n) is 8.01. The molecule has 4 nitrogen and oxygen atoms in total. The number of nitrogens with one attached hydrogen (secondary N) is 1. The first-order valence-electron chi connectivity index (χ1n) is 13.1. The highest BCUT2D eigenvalue weighted by molar-refractivity contribution is 6.09. The van der Waals surface area contributed by atoms with Crippen molar-refractivity contribution >= 4 is 11.7 Å². The van der Waals surface area contributed by atoms with Crippen LogP contribution in [0.3, 0.4) is 0 Å². The van der Waals surface area contributed by atoms with Gasteiger partial charge in [-0.2, -0.15) is 0 Å². The summed E-state index contributed by atoms with van der Waals surface area (Å²) in [5.74, 6) is -0.300. The Kier molecular flexibility index (Phi) is 8.37. The van der Waals surface area contributed by atoms with E-state index in [4.69, 9.17) is 0 Å². The topological polar surface area (TPSA) is 49.4 Å². The molecule has 1 fully saturated rings. The molecule has 1 amide bonds. The smallest absolute Gasteiger partial charge is 0.227 e. The van der Waals surface area contributed by atoms with E-state index in [9.17, 15) is 9.59 Å². The van der Waals surface area contributed by atoms with Crippen LogP contribution >= 0.6 is 0 Å². The van der Waals surface area contributed by atoms with Crippen molar-refractivity contribution in [3.63, 3.8) is 0 Å². The highest BCUT2D eigenvalue weighted by atomic mass is 16.2. The van der Waals surface area contributed by atoms with Gasteiger partial charge in [-0.1, -0.05) is 78.9 Å². The minimum Gasteiger partial charge on any atom is -0.353 e. The molecule has 1 aliphatic carbocycles. The Morgan fingerprint density at radius 1 is 0.889 bits per heavy atom. The predicted octanol–water partition coefficient (Wildman–Crippen LogP) is 6.01. The number of hydrogen-bond donors (Lipinski definition) is 1. The molecular formula is C32H38N2O2. The van der Waals surface area contributed by atoms with Crippen LogP contribution in [-0.4, -0.2) is 42.3 Å². The molecule has 36 heavy (non-hydrogen) atoms. The average Bonchev–Trinajstić information content (AvgIpc) is 2.93. The Balaban J connectivity index is 1.35. The molecule has 0 saturated heterocycles. The molecule has 0 spiro atoms. The van der Waals surface area contributed by atoms with Crippen molar-refractivity contribution in [1.82, 2.24) is 10.2 Å². The summed E-state index contributed by atoms with van der Waals surface area (Å²) in [6.45, 7) is 1.92. The van der Waals surface area contributed by atoms with Crippen LogP contribution in [0.25, 0.3) is 0 Å². The van der Waals surface area contributed by atoms with E-state index in [2.05, 4.69) is 54.6 Å². The molecule has 0 aromatic heterocycles. The van der Waals surface area contributed by atoms with Gasteiger partial charge in [-0.05, 0) is 76.7 Å². The standard InChI is InChI=1S/C32H38N2O2/c1-24(27-15-10-16-28(23-27)30(35)26-13-8-5-9-14-26)31(36)33-29-18-21-32(22-19-29,34(2)3)20-17-25-11-6-4-7-12-25/h4-16,23-24,29H,17-22H2,1-3H3,(H,33,36). The zero-order valence-corrected chi connectivity index (χ0v) is 21.7. The van der Waals surface area contributed by atoms with E-state index >= 15 is 0 Å². The maximum Gasteiger partial charge on any atom is 0.227 e. The number of hydrogen-bond acceptors (Lipinski definition) is 3. The molecule has 1 aliphatic rings. The second-order valence-electron chi connectivity index (χ2n) is 10.4. The van der Waals surface area contributed by atoms with Gasteiger partial charge in [0.25, 0.3) is 0 Å². The van der Waals surface area contributed by atoms with Gasteiger partial charge in [-0.15, -0.1) is 0 Å². The summed E-state index contributed by atoms with van der Waals surface area (Å²) in [4.78, 5) is 28.4. The lowest BCUT2D eigenvalue weighted by Gasteiger charge is -2.45. The lowest BCUT2D eigenvalue weighted by Crippen LogP contribution is -2.51. The van der Waals surface area contributed by atoms with Crippen molar-refractivity contribution in [3.05, 3.63) is 107 Å². The van der Waals surface area contributed by atoms with Crippen LogP contribution in [0.2, 0.25) is 0 Å². The molecule has 0 aliphatic heterocycles. The Morgan fingerprint density at radius 3 is 2.14 bits per heavy atom. The van der Waals surface area contributed by atoms with Gasteiger partial charge < -0.3 is 10.2 Å². The molecule has 3 aromatic rings. The molecule has 1 saturated carbocycles. The van der Waals surface area contributed by atoms with E-state index in [-0.39, 0.29) is 29.2 Å². The van der Waals surface area contributed by atoms with Gasteiger partial charge in [-0.25, -0.2) is 0 Å². The number of rotatable bonds is 9. The van der Waals surface area contributed by atoms with Crippen LogP contribution in [0.5, 0.6) is 0 Å². The zero-order valence-electron chi connectivity index (χ0n) is 21.7. The van der Waals surface area contributed by atoms with E-state index < -0.39 is 0 Å². The summed E-state index contributed by atoms with van der Waals surface area (Å²) < 4.78 is 0. The lowest BCUT2D eigenvalue weighted by atomic mass is 9.75. The van der Waals surface area contributed by atoms with Crippen molar-refractivity contribution in [3.8, 4) is 0 Å². The Morgan fingerprint density at radius 2 is 1.50 bits per heavy atom. The monoisotopic (exact) mass is 482 g/mol. The van der Waals surface area contributed by atoms with Crippen LogP contribution in [0.4, 0.5) is 0 Å². The number of benzene rings is 3. The molecular weight excluding hydrogens is 444 g/mol. The van der Waals surface area contributed by atoms with E-state index in [1.54, 1.807) is 0 Å². The number of ketones is 1. The number of nitrogens with zero attached hydrogens (tertiary/aromatic N) is 1. The second kappa shape index (κ2) is 11.7. The Hall–Kier alpha value is -3.24. The van der Waals surface area contributed by atoms with Gasteiger partial charge in [0, 0.05) is 22.7 Å². The molecule has 4 heteroatoms. The maximum atomic E-state index is 13.2. The zero-order chi connectivity index (χ0) is 25.5. The van der Waals surface area contributed by atoms with Crippen molar-refractivity contribution in [2.45, 2.75) is 62.9 Å². The summed E-state index contributed by atoms with van der Waals surface area (Å²) in [7, 11) is 4.38. The summed E-state index contributed by atoms with van der Waals surface area (Å²) in [5, 5.41) is 3.31. The molecule has 3 aromatic carbocycles. The van der Waals surface area contributed by atoms with Crippen LogP contribution in [0, 0.1) is 0 Å². The van der Waals surface area contributed by atoms with Crippen LogP contribution in [-0.2, 0) is 11.2 Å². The van der Waals surface area contributed by atoms with Gasteiger partial charge in [0.1, 0.15) is 0 Å². The maximum absolute atomic E-state index is 13.2. The molecule has 1 unspecified atom stereocenters. The number of carbonyl (C=O) groups is 2. The van der Waals surface area contributed by atoms with E-state index in [1.807, 2.05) is 61.5 Å². The Labute approximate surface area is 215 Å². The van der Waals surface area contributed by atoms with Crippen molar-refractivity contribution in [2.75, 3.05) is 14.1 Å². The fourth-order valence-electron chi connectivity index (χ4n) is 5.42. The highest BCUT2D eigenvalue weighted by Crippen LogP contribution is 2.36. The molecule has 0 bridgehead atoms. The summed E-state index contributed by atoms with van der Waals surface area (Å²) in [5.41, 5.74) is 3.71. The molecule has 4 rings (SSSR count). The normalized spacial score (nSPS) is 20.6. The number of aryl methyl sites for hydroxylation is 1. The van der Waals surface area contributed by atoms with Gasteiger partial charge >= 0.3 is 0 Å². The summed E-state index contributed by atoms with van der Waals surface area (Å²) in [6, 6.07) is 27.7. The molecule has 0 radical (unpaired) electrons. The quantitative estimate of drug-likeness (QED) is 0.380. The molecule has 1 atom stereocenters. The van der Waals surface area contributed by atoms with E-state index in [1.165, 1.54) is 5.56 Å².